The van der Waals surface area contributed by atoms with Gasteiger partial charge in [0, 0.05) is 12.1 Å². The van der Waals surface area contributed by atoms with Gasteiger partial charge in [0.15, 0.2) is 5.16 Å². The number of hydrogen-bond donors (Lipinski definition) is 1. The fourth-order valence-corrected chi connectivity index (χ4v) is 2.72. The Morgan fingerprint density at radius 1 is 1.44 bits per heavy atom. The van der Waals surface area contributed by atoms with Gasteiger partial charge in [0.2, 0.25) is 0 Å². The van der Waals surface area contributed by atoms with Crippen LogP contribution in [0.25, 0.3) is 0 Å². The summed E-state index contributed by atoms with van der Waals surface area (Å²) in [5.41, 5.74) is 0. The van der Waals surface area contributed by atoms with Crippen LogP contribution in [0.2, 0.25) is 5.15 Å². The number of nitrogens with zero attached hydrogens (tertiary/aromatic N) is 2. The molecule has 1 aromatic heterocycles. The van der Waals surface area contributed by atoms with E-state index in [9.17, 15) is 0 Å². The van der Waals surface area contributed by atoms with Crippen LogP contribution in [0, 0.1) is 5.92 Å². The second kappa shape index (κ2) is 5.23. The van der Waals surface area contributed by atoms with Crippen molar-refractivity contribution in [3.05, 3.63) is 11.2 Å². The molecule has 5 heteroatoms. The molecular formula is C11H16ClN3S. The molecule has 16 heavy (non-hydrogen) atoms. The van der Waals surface area contributed by atoms with Crippen LogP contribution in [-0.4, -0.2) is 22.3 Å². The van der Waals surface area contributed by atoms with E-state index < -0.39 is 0 Å². The number of thioether (sulfide) groups is 1. The third-order valence-electron chi connectivity index (χ3n) is 2.90. The summed E-state index contributed by atoms with van der Waals surface area (Å²) in [6.45, 7) is 2.29. The lowest BCUT2D eigenvalue weighted by Gasteiger charge is -2.13. The van der Waals surface area contributed by atoms with Crippen molar-refractivity contribution in [1.82, 2.24) is 9.97 Å². The second-order valence-corrected chi connectivity index (χ2v) is 5.48. The normalized spacial score (nSPS) is 24.7. The standard InChI is InChI=1S/C11H16ClN3S/c1-7-3-4-8(5-7)13-10-6-9(12)14-11(15-10)16-2/h6-8H,3-5H2,1-2H3,(H,13,14,15). The minimum Gasteiger partial charge on any atom is -0.367 e. The largest absolute Gasteiger partial charge is 0.367 e. The maximum Gasteiger partial charge on any atom is 0.190 e. The minimum atomic E-state index is 0.507. The van der Waals surface area contributed by atoms with Gasteiger partial charge >= 0.3 is 0 Å². The van der Waals surface area contributed by atoms with Gasteiger partial charge in [-0.25, -0.2) is 9.97 Å². The van der Waals surface area contributed by atoms with Gasteiger partial charge < -0.3 is 5.32 Å². The second-order valence-electron chi connectivity index (χ2n) is 4.32. The molecule has 3 nitrogen and oxygen atoms in total. The summed E-state index contributed by atoms with van der Waals surface area (Å²) in [5, 5.41) is 4.67. The molecule has 88 valence electrons. The zero-order valence-electron chi connectivity index (χ0n) is 9.53. The summed E-state index contributed by atoms with van der Waals surface area (Å²) in [5.74, 6) is 1.67. The van der Waals surface area contributed by atoms with Crippen LogP contribution in [0.4, 0.5) is 5.82 Å². The number of aromatic nitrogens is 2. The Balaban J connectivity index is 2.06. The lowest BCUT2D eigenvalue weighted by Crippen LogP contribution is -2.16. The summed E-state index contributed by atoms with van der Waals surface area (Å²) in [6, 6.07) is 2.33. The number of rotatable bonds is 3. The van der Waals surface area contributed by atoms with Crippen LogP contribution in [0.3, 0.4) is 0 Å². The Morgan fingerprint density at radius 2 is 2.25 bits per heavy atom. The smallest absolute Gasteiger partial charge is 0.190 e. The Morgan fingerprint density at radius 3 is 2.88 bits per heavy atom. The van der Waals surface area contributed by atoms with Gasteiger partial charge in [0.1, 0.15) is 11.0 Å². The molecule has 2 atom stereocenters. The number of nitrogens with one attached hydrogen (secondary N) is 1. The fraction of sp³-hybridized carbons (Fsp3) is 0.636. The summed E-state index contributed by atoms with van der Waals surface area (Å²) in [7, 11) is 0. The SMILES string of the molecule is CSc1nc(Cl)cc(NC2CCC(C)C2)n1. The third-order valence-corrected chi connectivity index (χ3v) is 3.65. The van der Waals surface area contributed by atoms with Gasteiger partial charge in [-0.15, -0.1) is 0 Å². The van der Waals surface area contributed by atoms with E-state index in [1.165, 1.54) is 31.0 Å². The van der Waals surface area contributed by atoms with E-state index in [0.717, 1.165) is 16.9 Å². The molecule has 1 fully saturated rings. The van der Waals surface area contributed by atoms with Crippen LogP contribution in [0.15, 0.2) is 11.2 Å². The molecule has 0 saturated heterocycles. The zero-order chi connectivity index (χ0) is 11.5. The van der Waals surface area contributed by atoms with Crippen LogP contribution < -0.4 is 5.32 Å². The van der Waals surface area contributed by atoms with Crippen molar-refractivity contribution in [3.8, 4) is 0 Å². The average Bonchev–Trinajstić information content (AvgIpc) is 2.63. The monoisotopic (exact) mass is 257 g/mol. The summed E-state index contributed by atoms with van der Waals surface area (Å²) >= 11 is 7.45. The van der Waals surface area contributed by atoms with Crippen molar-refractivity contribution < 1.29 is 0 Å². The van der Waals surface area contributed by atoms with E-state index in [1.807, 2.05) is 6.26 Å². The predicted octanol–water partition coefficient (Wildman–Crippen LogP) is 3.45. The highest BCUT2D eigenvalue weighted by molar-refractivity contribution is 7.98. The maximum absolute atomic E-state index is 5.94. The third kappa shape index (κ3) is 3.01. The van der Waals surface area contributed by atoms with Crippen molar-refractivity contribution in [2.24, 2.45) is 5.92 Å². The molecule has 0 spiro atoms. The highest BCUT2D eigenvalue weighted by Gasteiger charge is 2.21. The van der Waals surface area contributed by atoms with Crippen LogP contribution in [0.5, 0.6) is 0 Å². The van der Waals surface area contributed by atoms with Crippen LogP contribution in [0.1, 0.15) is 26.2 Å². The van der Waals surface area contributed by atoms with E-state index in [-0.39, 0.29) is 0 Å². The van der Waals surface area contributed by atoms with Gasteiger partial charge in [-0.3, -0.25) is 0 Å². The molecule has 1 aromatic rings. The highest BCUT2D eigenvalue weighted by atomic mass is 35.5. The first kappa shape index (κ1) is 12.0. The van der Waals surface area contributed by atoms with Gasteiger partial charge in [0.25, 0.3) is 0 Å². The first-order chi connectivity index (χ1) is 7.67. The van der Waals surface area contributed by atoms with Gasteiger partial charge in [0.05, 0.1) is 0 Å². The lowest BCUT2D eigenvalue weighted by molar-refractivity contribution is 0.602. The van der Waals surface area contributed by atoms with E-state index >= 15 is 0 Å². The molecule has 1 N–H and O–H groups in total. The van der Waals surface area contributed by atoms with E-state index in [4.69, 9.17) is 11.6 Å². The summed E-state index contributed by atoms with van der Waals surface area (Å²) in [4.78, 5) is 8.52. The number of anilines is 1. The summed E-state index contributed by atoms with van der Waals surface area (Å²) < 4.78 is 0. The fourth-order valence-electron chi connectivity index (χ4n) is 2.11. The molecular weight excluding hydrogens is 242 g/mol. The Hall–Kier alpha value is -0.480. The molecule has 0 radical (unpaired) electrons. The molecule has 0 aliphatic heterocycles. The molecule has 0 aromatic carbocycles. The van der Waals surface area contributed by atoms with Crippen molar-refractivity contribution >= 4 is 29.2 Å². The molecule has 1 aliphatic carbocycles. The first-order valence-corrected chi connectivity index (χ1v) is 7.12. The van der Waals surface area contributed by atoms with E-state index in [2.05, 4.69) is 22.2 Å². The maximum atomic E-state index is 5.94. The molecule has 0 amide bonds. The quantitative estimate of drug-likeness (QED) is 0.511. The van der Waals surface area contributed by atoms with Crippen molar-refractivity contribution in [1.29, 1.82) is 0 Å². The van der Waals surface area contributed by atoms with Crippen molar-refractivity contribution in [2.45, 2.75) is 37.4 Å². The lowest BCUT2D eigenvalue weighted by atomic mass is 10.1. The predicted molar refractivity (Wildman–Crippen MR) is 69.2 cm³/mol. The van der Waals surface area contributed by atoms with Crippen LogP contribution >= 0.6 is 23.4 Å². The molecule has 2 rings (SSSR count). The minimum absolute atomic E-state index is 0.507. The van der Waals surface area contributed by atoms with E-state index in [1.54, 1.807) is 6.07 Å². The Bertz CT molecular complexity index is 372. The topological polar surface area (TPSA) is 37.8 Å². The molecule has 1 saturated carbocycles. The number of halogens is 1. The highest BCUT2D eigenvalue weighted by Crippen LogP contribution is 2.27. The first-order valence-electron chi connectivity index (χ1n) is 5.52. The molecule has 2 unspecified atom stereocenters. The Kier molecular flexibility index (Phi) is 3.92. The zero-order valence-corrected chi connectivity index (χ0v) is 11.1. The number of hydrogen-bond acceptors (Lipinski definition) is 4. The molecule has 1 aliphatic rings. The summed E-state index contributed by atoms with van der Waals surface area (Å²) in [6.07, 6.45) is 5.69. The van der Waals surface area contributed by atoms with Crippen LogP contribution in [-0.2, 0) is 0 Å². The van der Waals surface area contributed by atoms with Gasteiger partial charge in [-0.05, 0) is 31.4 Å². The van der Waals surface area contributed by atoms with Gasteiger partial charge in [-0.1, -0.05) is 30.3 Å². The molecule has 1 heterocycles. The average molecular weight is 258 g/mol. The van der Waals surface area contributed by atoms with Crippen molar-refractivity contribution in [3.63, 3.8) is 0 Å². The van der Waals surface area contributed by atoms with E-state index in [0.29, 0.717) is 11.2 Å². The van der Waals surface area contributed by atoms with Crippen molar-refractivity contribution in [2.75, 3.05) is 11.6 Å². The molecule has 0 bridgehead atoms. The van der Waals surface area contributed by atoms with Gasteiger partial charge in [-0.2, -0.15) is 0 Å². The Labute approximate surface area is 105 Å².